The Hall–Kier alpha value is -1.19. The van der Waals surface area contributed by atoms with Gasteiger partial charge in [0.15, 0.2) is 5.78 Å². The minimum Gasteiger partial charge on any atom is -0.301 e. The Morgan fingerprint density at radius 2 is 1.40 bits per heavy atom. The molecule has 0 unspecified atom stereocenters. The summed E-state index contributed by atoms with van der Waals surface area (Å²) >= 11 is 0. The van der Waals surface area contributed by atoms with E-state index in [1.54, 1.807) is 0 Å². The zero-order valence-electron chi connectivity index (χ0n) is 17.1. The fourth-order valence-electron chi connectivity index (χ4n) is 3.12. The van der Waals surface area contributed by atoms with Gasteiger partial charge in [-0.1, -0.05) is 65.8 Å². The van der Waals surface area contributed by atoms with Crippen LogP contribution in [0, 0.1) is 10.8 Å². The van der Waals surface area contributed by atoms with E-state index in [0.29, 0.717) is 5.41 Å². The maximum absolute atomic E-state index is 12.3. The Bertz CT molecular complexity index is 555. The second kappa shape index (κ2) is 8.01. The van der Waals surface area contributed by atoms with Crippen molar-refractivity contribution in [2.45, 2.75) is 54.5 Å². The summed E-state index contributed by atoms with van der Waals surface area (Å²) in [6.45, 7) is 19.7. The summed E-state index contributed by atoms with van der Waals surface area (Å²) in [6, 6.07) is 8.21. The molecular weight excluding hydrogens is 308 g/mol. The van der Waals surface area contributed by atoms with Crippen LogP contribution in [-0.4, -0.2) is 48.3 Å². The first kappa shape index (κ1) is 20.1. The van der Waals surface area contributed by atoms with Crippen LogP contribution in [-0.2, 0) is 6.54 Å². The van der Waals surface area contributed by atoms with Gasteiger partial charge in [-0.3, -0.25) is 9.69 Å². The lowest BCUT2D eigenvalue weighted by Gasteiger charge is -2.36. The van der Waals surface area contributed by atoms with Gasteiger partial charge in [0.2, 0.25) is 0 Å². The van der Waals surface area contributed by atoms with Crippen LogP contribution in [0.2, 0.25) is 0 Å². The van der Waals surface area contributed by atoms with Crippen molar-refractivity contribution in [3.63, 3.8) is 0 Å². The first-order chi connectivity index (χ1) is 11.5. The standard InChI is InChI=1S/C22H36N2O/c1-21(2,3)11-12-23-13-15-24(16-14-23)17-18-7-9-19(10-8-18)20(25)22(4,5)6/h7-10H,11-17H2,1-6H3. The molecule has 0 radical (unpaired) electrons. The lowest BCUT2D eigenvalue weighted by molar-refractivity contribution is 0.0858. The van der Waals surface area contributed by atoms with E-state index in [-0.39, 0.29) is 11.2 Å². The maximum Gasteiger partial charge on any atom is 0.168 e. The Labute approximate surface area is 154 Å². The second-order valence-corrected chi connectivity index (χ2v) is 9.70. The Kier molecular flexibility index (Phi) is 6.45. The van der Waals surface area contributed by atoms with Gasteiger partial charge in [-0.25, -0.2) is 0 Å². The molecule has 140 valence electrons. The molecule has 3 nitrogen and oxygen atoms in total. The third-order valence-electron chi connectivity index (χ3n) is 4.95. The molecule has 0 aliphatic carbocycles. The molecule has 0 aromatic heterocycles. The van der Waals surface area contributed by atoms with Crippen LogP contribution in [0.4, 0.5) is 0 Å². The van der Waals surface area contributed by atoms with Crippen molar-refractivity contribution in [3.8, 4) is 0 Å². The van der Waals surface area contributed by atoms with Crippen molar-refractivity contribution >= 4 is 5.78 Å². The normalized spacial score (nSPS) is 17.7. The van der Waals surface area contributed by atoms with Crippen molar-refractivity contribution in [1.29, 1.82) is 0 Å². The number of hydrogen-bond acceptors (Lipinski definition) is 3. The molecular formula is C22H36N2O. The summed E-state index contributed by atoms with van der Waals surface area (Å²) < 4.78 is 0. The molecule has 1 aromatic carbocycles. The summed E-state index contributed by atoms with van der Waals surface area (Å²) in [6.07, 6.45) is 1.26. The van der Waals surface area contributed by atoms with Crippen molar-refractivity contribution in [2.24, 2.45) is 10.8 Å². The fourth-order valence-corrected chi connectivity index (χ4v) is 3.12. The van der Waals surface area contributed by atoms with Gasteiger partial charge in [0.1, 0.15) is 0 Å². The molecule has 0 atom stereocenters. The molecule has 0 amide bonds. The highest BCUT2D eigenvalue weighted by Crippen LogP contribution is 2.22. The van der Waals surface area contributed by atoms with Crippen molar-refractivity contribution in [3.05, 3.63) is 35.4 Å². The summed E-state index contributed by atoms with van der Waals surface area (Å²) in [5.74, 6) is 0.214. The predicted molar refractivity (Wildman–Crippen MR) is 106 cm³/mol. The summed E-state index contributed by atoms with van der Waals surface area (Å²) in [5, 5.41) is 0. The molecule has 0 bridgehead atoms. The Balaban J connectivity index is 1.81. The summed E-state index contributed by atoms with van der Waals surface area (Å²) in [4.78, 5) is 17.4. The fraction of sp³-hybridized carbons (Fsp3) is 0.682. The van der Waals surface area contributed by atoms with Gasteiger partial charge in [-0.15, -0.1) is 0 Å². The third-order valence-corrected chi connectivity index (χ3v) is 4.95. The SMILES string of the molecule is CC(C)(C)CCN1CCN(Cc2ccc(C(=O)C(C)(C)C)cc2)CC1. The van der Waals surface area contributed by atoms with Crippen LogP contribution in [0.25, 0.3) is 0 Å². The lowest BCUT2D eigenvalue weighted by Crippen LogP contribution is -2.46. The number of nitrogens with zero attached hydrogens (tertiary/aromatic N) is 2. The van der Waals surface area contributed by atoms with Crippen molar-refractivity contribution < 1.29 is 4.79 Å². The molecule has 0 saturated carbocycles. The van der Waals surface area contributed by atoms with Gasteiger partial charge < -0.3 is 4.90 Å². The molecule has 0 spiro atoms. The molecule has 1 aromatic rings. The number of Topliss-reactive ketones (excluding diaryl/α,β-unsaturated/α-hetero) is 1. The van der Waals surface area contributed by atoms with Crippen LogP contribution in [0.5, 0.6) is 0 Å². The van der Waals surface area contributed by atoms with Gasteiger partial charge >= 0.3 is 0 Å². The van der Waals surface area contributed by atoms with Gasteiger partial charge in [0, 0.05) is 43.7 Å². The van der Waals surface area contributed by atoms with E-state index in [0.717, 1.165) is 38.3 Å². The smallest absolute Gasteiger partial charge is 0.168 e. The van der Waals surface area contributed by atoms with Crippen LogP contribution in [0.3, 0.4) is 0 Å². The van der Waals surface area contributed by atoms with E-state index in [1.807, 2.05) is 32.9 Å². The van der Waals surface area contributed by atoms with E-state index < -0.39 is 0 Å². The number of ketones is 1. The topological polar surface area (TPSA) is 23.6 Å². The zero-order valence-corrected chi connectivity index (χ0v) is 17.1. The van der Waals surface area contributed by atoms with Gasteiger partial charge in [0.05, 0.1) is 0 Å². The van der Waals surface area contributed by atoms with Gasteiger partial charge in [0.25, 0.3) is 0 Å². The average molecular weight is 345 g/mol. The van der Waals surface area contributed by atoms with Crippen LogP contribution in [0.1, 0.15) is 63.9 Å². The average Bonchev–Trinajstić information content (AvgIpc) is 2.53. The first-order valence-corrected chi connectivity index (χ1v) is 9.63. The quantitative estimate of drug-likeness (QED) is 0.736. The largest absolute Gasteiger partial charge is 0.301 e. The molecule has 1 saturated heterocycles. The minimum atomic E-state index is -0.315. The van der Waals surface area contributed by atoms with Crippen LogP contribution < -0.4 is 0 Å². The Morgan fingerprint density at radius 1 is 0.880 bits per heavy atom. The van der Waals surface area contributed by atoms with E-state index in [4.69, 9.17) is 0 Å². The van der Waals surface area contributed by atoms with Crippen molar-refractivity contribution in [2.75, 3.05) is 32.7 Å². The van der Waals surface area contributed by atoms with Gasteiger partial charge in [-0.2, -0.15) is 0 Å². The van der Waals surface area contributed by atoms with E-state index in [2.05, 4.69) is 42.7 Å². The first-order valence-electron chi connectivity index (χ1n) is 9.63. The summed E-state index contributed by atoms with van der Waals surface area (Å²) in [5.41, 5.74) is 2.23. The molecule has 25 heavy (non-hydrogen) atoms. The number of hydrogen-bond donors (Lipinski definition) is 0. The van der Waals surface area contributed by atoms with Crippen LogP contribution >= 0.6 is 0 Å². The minimum absolute atomic E-state index is 0.214. The van der Waals surface area contributed by atoms with E-state index in [1.165, 1.54) is 18.5 Å². The highest BCUT2D eigenvalue weighted by molar-refractivity contribution is 5.99. The molecule has 1 aliphatic rings. The number of carbonyl (C=O) groups excluding carboxylic acids is 1. The van der Waals surface area contributed by atoms with Crippen molar-refractivity contribution in [1.82, 2.24) is 9.80 Å². The zero-order chi connectivity index (χ0) is 18.7. The lowest BCUT2D eigenvalue weighted by atomic mass is 9.86. The highest BCUT2D eigenvalue weighted by Gasteiger charge is 2.23. The third kappa shape index (κ3) is 6.56. The molecule has 0 N–H and O–H groups in total. The number of piperazine rings is 1. The molecule has 1 aliphatic heterocycles. The van der Waals surface area contributed by atoms with E-state index in [9.17, 15) is 4.79 Å². The Morgan fingerprint density at radius 3 is 1.88 bits per heavy atom. The number of carbonyl (C=O) groups is 1. The molecule has 3 heteroatoms. The molecule has 1 heterocycles. The van der Waals surface area contributed by atoms with Gasteiger partial charge in [-0.05, 0) is 23.9 Å². The second-order valence-electron chi connectivity index (χ2n) is 9.70. The predicted octanol–water partition coefficient (Wildman–Crippen LogP) is 4.47. The molecule has 2 rings (SSSR count). The number of benzene rings is 1. The number of rotatable bonds is 5. The maximum atomic E-state index is 12.3. The van der Waals surface area contributed by atoms with Crippen LogP contribution in [0.15, 0.2) is 24.3 Å². The van der Waals surface area contributed by atoms with E-state index >= 15 is 0 Å². The summed E-state index contributed by atoms with van der Waals surface area (Å²) in [7, 11) is 0. The monoisotopic (exact) mass is 344 g/mol. The molecule has 1 fully saturated rings. The highest BCUT2D eigenvalue weighted by atomic mass is 16.1.